The lowest BCUT2D eigenvalue weighted by atomic mass is 10.0. The van der Waals surface area contributed by atoms with E-state index in [1.165, 1.54) is 19.3 Å². The molecular formula is C17H26N4O. The Kier molecular flexibility index (Phi) is 3.83. The minimum absolute atomic E-state index is 0.237. The number of fused-ring (bicyclic) bond motifs is 2. The largest absolute Gasteiger partial charge is 0.368 e. The van der Waals surface area contributed by atoms with Crippen LogP contribution in [0.25, 0.3) is 0 Å². The minimum Gasteiger partial charge on any atom is -0.368 e. The third kappa shape index (κ3) is 2.18. The highest BCUT2D eigenvalue weighted by molar-refractivity contribution is 6.09. The molecule has 2 fully saturated rings. The van der Waals surface area contributed by atoms with E-state index in [1.54, 1.807) is 6.20 Å². The molecule has 1 aromatic heterocycles. The number of carbonyl (C=O) groups excluding carboxylic acids is 1. The molecule has 2 heterocycles. The highest BCUT2D eigenvalue weighted by atomic mass is 16.2. The lowest BCUT2D eigenvalue weighted by molar-refractivity contribution is -0.120. The maximum Gasteiger partial charge on any atom is 0.239 e. The number of nitrogens with zero attached hydrogens (tertiary/aromatic N) is 3. The molecule has 3 aliphatic rings. The van der Waals surface area contributed by atoms with E-state index in [0.29, 0.717) is 12.0 Å². The number of nitrogen functional groups attached to an aromatic ring is 1. The molecule has 1 spiro atoms. The second-order valence-corrected chi connectivity index (χ2v) is 6.91. The van der Waals surface area contributed by atoms with E-state index < -0.39 is 0 Å². The molecule has 0 aromatic carbocycles. The van der Waals surface area contributed by atoms with Crippen LogP contribution in [0.4, 0.5) is 11.8 Å². The summed E-state index contributed by atoms with van der Waals surface area (Å²) < 4.78 is 0. The molecule has 2 atom stereocenters. The van der Waals surface area contributed by atoms with Crippen LogP contribution in [0, 0.1) is 5.92 Å². The number of rotatable bonds is 1. The van der Waals surface area contributed by atoms with Crippen LogP contribution in [0.3, 0.4) is 0 Å². The average Bonchev–Trinajstić information content (AvgIpc) is 3.13. The summed E-state index contributed by atoms with van der Waals surface area (Å²) in [6, 6.07) is 0.292. The normalized spacial score (nSPS) is 27.6. The molecule has 1 amide bonds. The molecule has 0 saturated heterocycles. The summed E-state index contributed by atoms with van der Waals surface area (Å²) in [6.45, 7) is 6.48. The van der Waals surface area contributed by atoms with Gasteiger partial charge in [-0.3, -0.25) is 9.69 Å². The molecule has 2 saturated carbocycles. The Balaban J connectivity index is 0.000000446. The second kappa shape index (κ2) is 5.52. The van der Waals surface area contributed by atoms with Gasteiger partial charge in [-0.1, -0.05) is 33.6 Å². The van der Waals surface area contributed by atoms with E-state index in [-0.39, 0.29) is 17.3 Å². The van der Waals surface area contributed by atoms with Crippen LogP contribution in [-0.4, -0.2) is 21.9 Å². The Labute approximate surface area is 132 Å². The highest BCUT2D eigenvalue weighted by Gasteiger charge is 2.61. The van der Waals surface area contributed by atoms with E-state index in [0.717, 1.165) is 30.6 Å². The van der Waals surface area contributed by atoms with E-state index in [9.17, 15) is 4.79 Å². The summed E-state index contributed by atoms with van der Waals surface area (Å²) >= 11 is 0. The van der Waals surface area contributed by atoms with Gasteiger partial charge in [0.05, 0.1) is 5.41 Å². The number of nitrogens with two attached hydrogens (primary N) is 1. The van der Waals surface area contributed by atoms with Gasteiger partial charge in [0.1, 0.15) is 5.82 Å². The standard InChI is InChI=1S/C14H18N4O.C3H8/c1-8-3-2-4-10(8)18-11-9(7-16-13(15)17-11)14(5-6-14)12(18)19;1-3-2/h7-8,10H,2-6H2,1H3,(H2,15,16,17);3H2,1-2H3. The summed E-state index contributed by atoms with van der Waals surface area (Å²) in [7, 11) is 0. The Morgan fingerprint density at radius 2 is 2.05 bits per heavy atom. The molecule has 120 valence electrons. The van der Waals surface area contributed by atoms with E-state index in [4.69, 9.17) is 5.73 Å². The number of aromatic nitrogens is 2. The first-order chi connectivity index (χ1) is 10.5. The van der Waals surface area contributed by atoms with Gasteiger partial charge in [0, 0.05) is 17.8 Å². The molecule has 2 N–H and O–H groups in total. The monoisotopic (exact) mass is 302 g/mol. The molecule has 22 heavy (non-hydrogen) atoms. The van der Waals surface area contributed by atoms with Crippen LogP contribution in [-0.2, 0) is 10.2 Å². The first kappa shape index (κ1) is 15.3. The van der Waals surface area contributed by atoms with Crippen LogP contribution in [0.15, 0.2) is 6.20 Å². The first-order valence-corrected chi connectivity index (χ1v) is 8.51. The molecule has 0 radical (unpaired) electrons. The highest BCUT2D eigenvalue weighted by Crippen LogP contribution is 2.58. The Morgan fingerprint density at radius 1 is 1.36 bits per heavy atom. The molecule has 2 unspecified atom stereocenters. The van der Waals surface area contributed by atoms with E-state index in [2.05, 4.69) is 30.7 Å². The Hall–Kier alpha value is -1.65. The van der Waals surface area contributed by atoms with Crippen molar-refractivity contribution in [3.63, 3.8) is 0 Å². The third-order valence-corrected chi connectivity index (χ3v) is 5.06. The van der Waals surface area contributed by atoms with Gasteiger partial charge in [-0.25, -0.2) is 4.98 Å². The molecule has 4 rings (SSSR count). The molecule has 2 aliphatic carbocycles. The summed E-state index contributed by atoms with van der Waals surface area (Å²) in [5, 5.41) is 0. The van der Waals surface area contributed by atoms with E-state index >= 15 is 0 Å². The van der Waals surface area contributed by atoms with Crippen LogP contribution < -0.4 is 10.6 Å². The van der Waals surface area contributed by atoms with E-state index in [1.807, 2.05) is 4.90 Å². The van der Waals surface area contributed by atoms with Crippen molar-refractivity contribution in [3.8, 4) is 0 Å². The van der Waals surface area contributed by atoms with Crippen molar-refractivity contribution in [2.75, 3.05) is 10.6 Å². The minimum atomic E-state index is -0.300. The number of anilines is 2. The summed E-state index contributed by atoms with van der Waals surface area (Å²) in [6.07, 6.45) is 8.35. The van der Waals surface area contributed by atoms with Gasteiger partial charge in [-0.2, -0.15) is 4.98 Å². The zero-order valence-electron chi connectivity index (χ0n) is 13.8. The fourth-order valence-corrected chi connectivity index (χ4v) is 3.77. The lowest BCUT2D eigenvalue weighted by Crippen LogP contribution is -2.42. The lowest BCUT2D eigenvalue weighted by Gasteiger charge is -2.28. The smallest absolute Gasteiger partial charge is 0.239 e. The van der Waals surface area contributed by atoms with Crippen molar-refractivity contribution in [1.82, 2.24) is 9.97 Å². The number of carbonyl (C=O) groups is 1. The van der Waals surface area contributed by atoms with Crippen LogP contribution >= 0.6 is 0 Å². The molecule has 1 aromatic rings. The van der Waals surface area contributed by atoms with Gasteiger partial charge >= 0.3 is 0 Å². The summed E-state index contributed by atoms with van der Waals surface area (Å²) in [5.74, 6) is 1.83. The quantitative estimate of drug-likeness (QED) is 0.865. The van der Waals surface area contributed by atoms with Gasteiger partial charge in [-0.15, -0.1) is 0 Å². The Morgan fingerprint density at radius 3 is 2.59 bits per heavy atom. The SMILES string of the molecule is CC1CCCC1N1C(=O)C2(CC2)c2cnc(N)nc21.CCC. The fourth-order valence-electron chi connectivity index (χ4n) is 3.77. The Bertz CT molecular complexity index is 582. The van der Waals surface area contributed by atoms with Gasteiger partial charge in [0.2, 0.25) is 11.9 Å². The maximum absolute atomic E-state index is 12.8. The third-order valence-electron chi connectivity index (χ3n) is 5.06. The fraction of sp³-hybridized carbons (Fsp3) is 0.706. The van der Waals surface area contributed by atoms with Gasteiger partial charge in [0.15, 0.2) is 0 Å². The summed E-state index contributed by atoms with van der Waals surface area (Å²) in [5.41, 5.74) is 6.43. The van der Waals surface area contributed by atoms with Crippen molar-refractivity contribution >= 4 is 17.7 Å². The van der Waals surface area contributed by atoms with Gasteiger partial charge in [0.25, 0.3) is 0 Å². The van der Waals surface area contributed by atoms with Crippen molar-refractivity contribution in [1.29, 1.82) is 0 Å². The molecule has 1 aliphatic heterocycles. The van der Waals surface area contributed by atoms with Crippen molar-refractivity contribution in [2.24, 2.45) is 5.92 Å². The topological polar surface area (TPSA) is 72.1 Å². The zero-order chi connectivity index (χ0) is 15.9. The van der Waals surface area contributed by atoms with Crippen molar-refractivity contribution in [3.05, 3.63) is 11.8 Å². The predicted molar refractivity (Wildman–Crippen MR) is 87.6 cm³/mol. The number of hydrogen-bond donors (Lipinski definition) is 1. The van der Waals surface area contributed by atoms with Gasteiger partial charge < -0.3 is 5.73 Å². The molecule has 5 heteroatoms. The zero-order valence-corrected chi connectivity index (χ0v) is 13.8. The summed E-state index contributed by atoms with van der Waals surface area (Å²) in [4.78, 5) is 23.2. The first-order valence-electron chi connectivity index (χ1n) is 8.51. The average molecular weight is 302 g/mol. The van der Waals surface area contributed by atoms with Crippen molar-refractivity contribution < 1.29 is 4.79 Å². The second-order valence-electron chi connectivity index (χ2n) is 6.91. The number of amides is 1. The van der Waals surface area contributed by atoms with Crippen molar-refractivity contribution in [2.45, 2.75) is 70.8 Å². The van der Waals surface area contributed by atoms with Crippen LogP contribution in [0.2, 0.25) is 0 Å². The number of hydrogen-bond acceptors (Lipinski definition) is 4. The molecule has 0 bridgehead atoms. The molecule has 5 nitrogen and oxygen atoms in total. The van der Waals surface area contributed by atoms with Gasteiger partial charge in [-0.05, 0) is 31.6 Å². The maximum atomic E-state index is 12.8. The predicted octanol–water partition coefficient (Wildman–Crippen LogP) is 3.04. The van der Waals surface area contributed by atoms with Crippen LogP contribution in [0.1, 0.15) is 64.9 Å². The van der Waals surface area contributed by atoms with Crippen LogP contribution in [0.5, 0.6) is 0 Å². The molecular weight excluding hydrogens is 276 g/mol.